The number of primary sulfonamides is 1. The van der Waals surface area contributed by atoms with Crippen LogP contribution >= 0.6 is 0 Å². The van der Waals surface area contributed by atoms with Crippen molar-refractivity contribution in [3.05, 3.63) is 48.0 Å². The minimum absolute atomic E-state index is 0.00487. The number of likely N-dealkylation sites (N-methyl/N-ethyl adjacent to an activating group) is 1. The first kappa shape index (κ1) is 21.7. The molecule has 9 heteroatoms. The first-order valence-electron chi connectivity index (χ1n) is 8.62. The Labute approximate surface area is 165 Å². The molecule has 1 unspecified atom stereocenters. The summed E-state index contributed by atoms with van der Waals surface area (Å²) in [7, 11) is 1.32. The topological polar surface area (TPSA) is 112 Å². The Morgan fingerprint density at radius 3 is 2.25 bits per heavy atom. The van der Waals surface area contributed by atoms with Gasteiger partial charge in [-0.15, -0.1) is 0 Å². The van der Waals surface area contributed by atoms with E-state index in [1.54, 1.807) is 14.2 Å². The summed E-state index contributed by atoms with van der Waals surface area (Å²) >= 11 is 0. The van der Waals surface area contributed by atoms with Crippen molar-refractivity contribution < 1.29 is 27.6 Å². The summed E-state index contributed by atoms with van der Waals surface area (Å²) in [5.74, 6) is 1.11. The molecule has 0 aromatic heterocycles. The van der Waals surface area contributed by atoms with Crippen LogP contribution in [-0.4, -0.2) is 41.6 Å². The van der Waals surface area contributed by atoms with Crippen LogP contribution in [0.3, 0.4) is 0 Å². The number of nitrogens with two attached hydrogens (primary N) is 1. The second-order valence-electron chi connectivity index (χ2n) is 6.49. The maximum absolute atomic E-state index is 12.5. The molecule has 0 saturated carbocycles. The van der Waals surface area contributed by atoms with E-state index in [9.17, 15) is 13.2 Å². The molecule has 0 saturated heterocycles. The minimum atomic E-state index is -3.76. The zero-order valence-electron chi connectivity index (χ0n) is 16.4. The highest BCUT2D eigenvalue weighted by Crippen LogP contribution is 2.27. The van der Waals surface area contributed by atoms with Gasteiger partial charge in [0.25, 0.3) is 5.91 Å². The van der Waals surface area contributed by atoms with Crippen molar-refractivity contribution in [1.82, 2.24) is 0 Å². The minimum Gasteiger partial charge on any atom is -0.493 e. The molecular weight excluding hydrogens is 382 g/mol. The van der Waals surface area contributed by atoms with Crippen LogP contribution in [0.25, 0.3) is 0 Å². The maximum Gasteiger partial charge on any atom is 0.282 e. The highest BCUT2D eigenvalue weighted by atomic mass is 32.2. The number of carbonyl (C=O) groups excluding carboxylic acids is 1. The van der Waals surface area contributed by atoms with Crippen LogP contribution in [0.5, 0.6) is 11.5 Å². The summed E-state index contributed by atoms with van der Waals surface area (Å²) < 4.78 is 33.1. The number of quaternary nitrogens is 1. The van der Waals surface area contributed by atoms with E-state index in [4.69, 9.17) is 14.6 Å². The van der Waals surface area contributed by atoms with Gasteiger partial charge >= 0.3 is 0 Å². The molecular formula is C19H26N3O5S+. The number of rotatable bonds is 8. The molecule has 2 aromatic carbocycles. The number of hydrogen-bond donors (Lipinski definition) is 3. The second kappa shape index (κ2) is 9.05. The highest BCUT2D eigenvalue weighted by molar-refractivity contribution is 7.89. The smallest absolute Gasteiger partial charge is 0.282 e. The number of amides is 1. The van der Waals surface area contributed by atoms with Gasteiger partial charge in [-0.3, -0.25) is 4.79 Å². The first-order chi connectivity index (χ1) is 13.2. The van der Waals surface area contributed by atoms with Gasteiger partial charge in [-0.1, -0.05) is 0 Å². The van der Waals surface area contributed by atoms with Crippen LogP contribution < -0.4 is 24.8 Å². The van der Waals surface area contributed by atoms with E-state index in [2.05, 4.69) is 5.32 Å². The average Bonchev–Trinajstić information content (AvgIpc) is 2.66. The normalized spacial score (nSPS) is 13.5. The van der Waals surface area contributed by atoms with Gasteiger partial charge in [0.15, 0.2) is 17.5 Å². The van der Waals surface area contributed by atoms with E-state index in [0.29, 0.717) is 23.7 Å². The predicted octanol–water partition coefficient (Wildman–Crippen LogP) is 0.393. The molecule has 0 fully saturated rings. The lowest BCUT2D eigenvalue weighted by atomic mass is 10.1. The van der Waals surface area contributed by atoms with E-state index >= 15 is 0 Å². The predicted molar refractivity (Wildman–Crippen MR) is 106 cm³/mol. The van der Waals surface area contributed by atoms with Gasteiger partial charge in [0.2, 0.25) is 10.0 Å². The highest BCUT2D eigenvalue weighted by Gasteiger charge is 2.22. The van der Waals surface area contributed by atoms with Crippen molar-refractivity contribution in [2.45, 2.75) is 24.4 Å². The fourth-order valence-corrected chi connectivity index (χ4v) is 3.18. The van der Waals surface area contributed by atoms with Gasteiger partial charge in [-0.25, -0.2) is 13.6 Å². The van der Waals surface area contributed by atoms with Crippen molar-refractivity contribution in [3.63, 3.8) is 0 Å². The number of nitrogens with one attached hydrogen (secondary N) is 2. The number of anilines is 1. The average molecular weight is 409 g/mol. The van der Waals surface area contributed by atoms with Crippen LogP contribution in [-0.2, 0) is 21.4 Å². The monoisotopic (exact) mass is 408 g/mol. The Hall–Kier alpha value is -2.62. The van der Waals surface area contributed by atoms with Crippen LogP contribution in [0.1, 0.15) is 12.5 Å². The molecule has 0 spiro atoms. The largest absolute Gasteiger partial charge is 0.493 e. The Kier molecular flexibility index (Phi) is 7.00. The molecule has 2 atom stereocenters. The third-order valence-electron chi connectivity index (χ3n) is 4.51. The lowest BCUT2D eigenvalue weighted by Gasteiger charge is -2.21. The molecule has 152 valence electrons. The van der Waals surface area contributed by atoms with E-state index < -0.39 is 10.0 Å². The van der Waals surface area contributed by atoms with Gasteiger partial charge in [0.05, 0.1) is 26.2 Å². The zero-order valence-corrected chi connectivity index (χ0v) is 17.2. The Balaban J connectivity index is 2.02. The molecule has 1 amide bonds. The van der Waals surface area contributed by atoms with Crippen LogP contribution in [0, 0.1) is 0 Å². The number of carbonyl (C=O) groups is 1. The number of sulfonamides is 1. The summed E-state index contributed by atoms with van der Waals surface area (Å²) in [5, 5.41) is 7.86. The lowest BCUT2D eigenvalue weighted by molar-refractivity contribution is -0.907. The molecule has 4 N–H and O–H groups in total. The molecule has 8 nitrogen and oxygen atoms in total. The van der Waals surface area contributed by atoms with Gasteiger partial charge < -0.3 is 19.7 Å². The molecule has 0 aliphatic carbocycles. The summed E-state index contributed by atoms with van der Waals surface area (Å²) in [6, 6.07) is 11.0. The maximum atomic E-state index is 12.5. The van der Waals surface area contributed by atoms with E-state index in [1.165, 1.54) is 24.3 Å². The van der Waals surface area contributed by atoms with Crippen LogP contribution in [0.15, 0.2) is 47.4 Å². The van der Waals surface area contributed by atoms with E-state index in [-0.39, 0.29) is 16.8 Å². The van der Waals surface area contributed by atoms with Gasteiger partial charge in [0, 0.05) is 11.3 Å². The molecule has 0 aliphatic heterocycles. The second-order valence-corrected chi connectivity index (χ2v) is 8.05. The summed E-state index contributed by atoms with van der Waals surface area (Å²) in [6.07, 6.45) is 0. The summed E-state index contributed by atoms with van der Waals surface area (Å²) in [5.41, 5.74) is 1.51. The number of benzene rings is 2. The fourth-order valence-electron chi connectivity index (χ4n) is 2.67. The third-order valence-corrected chi connectivity index (χ3v) is 5.44. The van der Waals surface area contributed by atoms with E-state index in [1.807, 2.05) is 32.2 Å². The molecule has 2 aromatic rings. The summed E-state index contributed by atoms with van der Waals surface area (Å²) in [6.45, 7) is 2.43. The fraction of sp³-hybridized carbons (Fsp3) is 0.316. The van der Waals surface area contributed by atoms with E-state index in [0.717, 1.165) is 10.5 Å². The Bertz CT molecular complexity index is 929. The molecule has 0 bridgehead atoms. The van der Waals surface area contributed by atoms with Crippen LogP contribution in [0.4, 0.5) is 5.69 Å². The van der Waals surface area contributed by atoms with Crippen molar-refractivity contribution in [2.24, 2.45) is 5.14 Å². The Morgan fingerprint density at radius 2 is 1.71 bits per heavy atom. The third kappa shape index (κ3) is 5.44. The van der Waals surface area contributed by atoms with Gasteiger partial charge in [-0.05, 0) is 49.4 Å². The van der Waals surface area contributed by atoms with Crippen LogP contribution in [0.2, 0.25) is 0 Å². The van der Waals surface area contributed by atoms with Crippen molar-refractivity contribution >= 4 is 21.6 Å². The molecule has 28 heavy (non-hydrogen) atoms. The number of methoxy groups -OCH3 is 2. The van der Waals surface area contributed by atoms with Crippen molar-refractivity contribution in [1.29, 1.82) is 0 Å². The first-order valence-corrected chi connectivity index (χ1v) is 10.2. The molecule has 2 rings (SSSR count). The standard InChI is InChI=1S/C19H25N3O5S/c1-13(19(23)21-15-6-8-16(9-7-15)28(20,24)25)22(2)12-14-5-10-17(26-3)18(11-14)27-4/h5-11,13H,12H2,1-4H3,(H,21,23)(H2,20,24,25)/p+1/t13-/m0/s1. The lowest BCUT2D eigenvalue weighted by Crippen LogP contribution is -3.12. The van der Waals surface area contributed by atoms with Crippen molar-refractivity contribution in [3.8, 4) is 11.5 Å². The number of ether oxygens (including phenoxy) is 2. The molecule has 0 radical (unpaired) electrons. The SMILES string of the molecule is COc1ccc(C[NH+](C)[C@@H](C)C(=O)Nc2ccc(S(N)(=O)=O)cc2)cc1OC. The van der Waals surface area contributed by atoms with Gasteiger partial charge in [0.1, 0.15) is 6.54 Å². The van der Waals surface area contributed by atoms with Crippen molar-refractivity contribution in [2.75, 3.05) is 26.6 Å². The quantitative estimate of drug-likeness (QED) is 0.585. The van der Waals surface area contributed by atoms with Gasteiger partial charge in [-0.2, -0.15) is 0 Å². The summed E-state index contributed by atoms with van der Waals surface area (Å²) in [4.78, 5) is 13.5. The zero-order chi connectivity index (χ0) is 20.9. The molecule has 0 heterocycles. The Morgan fingerprint density at radius 1 is 1.11 bits per heavy atom. The molecule has 0 aliphatic rings. The number of hydrogen-bond acceptors (Lipinski definition) is 5.